The van der Waals surface area contributed by atoms with Gasteiger partial charge in [-0.05, 0) is 6.07 Å². The van der Waals surface area contributed by atoms with Crippen LogP contribution in [0.4, 0.5) is 13.2 Å². The second-order valence-electron chi connectivity index (χ2n) is 3.39. The van der Waals surface area contributed by atoms with E-state index >= 15 is 0 Å². The molecule has 0 fully saturated rings. The minimum atomic E-state index is -2.47. The topological polar surface area (TPSA) is 41.5 Å². The van der Waals surface area contributed by atoms with E-state index in [1.54, 1.807) is 6.07 Å². The van der Waals surface area contributed by atoms with Gasteiger partial charge in [0.1, 0.15) is 6.61 Å². The molecule has 0 saturated carbocycles. The number of benzene rings is 1. The molecule has 0 aliphatic rings. The fraction of sp³-hybridized carbons (Fsp3) is 0.455. The van der Waals surface area contributed by atoms with Crippen LogP contribution in [0.15, 0.2) is 18.2 Å². The van der Waals surface area contributed by atoms with Crippen molar-refractivity contribution >= 4 is 0 Å². The molecule has 0 unspecified atom stereocenters. The van der Waals surface area contributed by atoms with Crippen molar-refractivity contribution in [3.05, 3.63) is 29.6 Å². The van der Waals surface area contributed by atoms with Crippen LogP contribution in [0.2, 0.25) is 0 Å². The second-order valence-corrected chi connectivity index (χ2v) is 3.39. The van der Waals surface area contributed by atoms with Crippen molar-refractivity contribution in [2.45, 2.75) is 13.0 Å². The fourth-order valence-electron chi connectivity index (χ4n) is 1.24. The predicted molar refractivity (Wildman–Crippen MR) is 56.6 cm³/mol. The van der Waals surface area contributed by atoms with Crippen LogP contribution in [0.5, 0.6) is 5.75 Å². The van der Waals surface area contributed by atoms with Gasteiger partial charge < -0.3 is 15.2 Å². The first-order chi connectivity index (χ1) is 8.11. The molecule has 0 aromatic heterocycles. The SMILES string of the molecule is Oc1c(F)cccc1CNCCOCC(F)F. The Balaban J connectivity index is 2.20. The third kappa shape index (κ3) is 5.06. The van der Waals surface area contributed by atoms with E-state index in [9.17, 15) is 18.3 Å². The van der Waals surface area contributed by atoms with Gasteiger partial charge in [0.05, 0.1) is 6.61 Å². The molecule has 1 aromatic rings. The van der Waals surface area contributed by atoms with E-state index in [0.717, 1.165) is 6.07 Å². The monoisotopic (exact) mass is 249 g/mol. The molecule has 0 atom stereocenters. The van der Waals surface area contributed by atoms with Gasteiger partial charge in [-0.25, -0.2) is 13.2 Å². The van der Waals surface area contributed by atoms with E-state index in [4.69, 9.17) is 0 Å². The lowest BCUT2D eigenvalue weighted by Gasteiger charge is -2.07. The van der Waals surface area contributed by atoms with Gasteiger partial charge in [-0.1, -0.05) is 12.1 Å². The van der Waals surface area contributed by atoms with Gasteiger partial charge in [-0.3, -0.25) is 0 Å². The summed E-state index contributed by atoms with van der Waals surface area (Å²) in [4.78, 5) is 0. The summed E-state index contributed by atoms with van der Waals surface area (Å²) in [5, 5.41) is 12.2. The van der Waals surface area contributed by atoms with Crippen molar-refractivity contribution in [1.29, 1.82) is 0 Å². The van der Waals surface area contributed by atoms with Crippen molar-refractivity contribution in [1.82, 2.24) is 5.32 Å². The Morgan fingerprint density at radius 1 is 1.35 bits per heavy atom. The molecular weight excluding hydrogens is 235 g/mol. The summed E-state index contributed by atoms with van der Waals surface area (Å²) in [5.41, 5.74) is 0.416. The molecule has 0 amide bonds. The molecule has 0 aliphatic heterocycles. The van der Waals surface area contributed by atoms with Crippen molar-refractivity contribution in [3.8, 4) is 5.75 Å². The third-order valence-electron chi connectivity index (χ3n) is 2.05. The summed E-state index contributed by atoms with van der Waals surface area (Å²) >= 11 is 0. The number of rotatable bonds is 7. The van der Waals surface area contributed by atoms with Crippen molar-refractivity contribution in [2.75, 3.05) is 19.8 Å². The van der Waals surface area contributed by atoms with E-state index in [0.29, 0.717) is 12.1 Å². The fourth-order valence-corrected chi connectivity index (χ4v) is 1.24. The third-order valence-corrected chi connectivity index (χ3v) is 2.05. The van der Waals surface area contributed by atoms with Crippen molar-refractivity contribution in [3.63, 3.8) is 0 Å². The van der Waals surface area contributed by atoms with Crippen LogP contribution in [-0.2, 0) is 11.3 Å². The predicted octanol–water partition coefficient (Wildman–Crippen LogP) is 1.90. The van der Waals surface area contributed by atoms with E-state index in [1.807, 2.05) is 0 Å². The first kappa shape index (κ1) is 13.8. The number of ether oxygens (including phenoxy) is 1. The summed E-state index contributed by atoms with van der Waals surface area (Å²) in [6, 6.07) is 4.22. The summed E-state index contributed by atoms with van der Waals surface area (Å²) in [6.45, 7) is 0.150. The zero-order chi connectivity index (χ0) is 12.7. The van der Waals surface area contributed by atoms with Crippen LogP contribution in [-0.4, -0.2) is 31.3 Å². The van der Waals surface area contributed by atoms with E-state index in [2.05, 4.69) is 10.1 Å². The number of nitrogens with one attached hydrogen (secondary N) is 1. The number of alkyl halides is 2. The molecule has 17 heavy (non-hydrogen) atoms. The Morgan fingerprint density at radius 3 is 2.82 bits per heavy atom. The Kier molecular flexibility index (Phi) is 5.79. The minimum Gasteiger partial charge on any atom is -0.505 e. The number of phenolic OH excluding ortho intramolecular Hbond substituents is 1. The molecule has 6 heteroatoms. The maximum absolute atomic E-state index is 12.9. The standard InChI is InChI=1S/C11H14F3NO2/c12-9-3-1-2-8(11(9)16)6-15-4-5-17-7-10(13)14/h1-3,10,15-16H,4-7H2. The molecule has 0 aliphatic carbocycles. The summed E-state index contributed by atoms with van der Waals surface area (Å²) in [7, 11) is 0. The number of phenols is 1. The largest absolute Gasteiger partial charge is 0.505 e. The molecule has 0 spiro atoms. The number of aromatic hydroxyl groups is 1. The average molecular weight is 249 g/mol. The van der Waals surface area contributed by atoms with Gasteiger partial charge in [0.25, 0.3) is 6.43 Å². The van der Waals surface area contributed by atoms with Crippen LogP contribution in [0.1, 0.15) is 5.56 Å². The Morgan fingerprint density at radius 2 is 2.12 bits per heavy atom. The molecule has 1 aromatic carbocycles. The van der Waals surface area contributed by atoms with E-state index in [1.165, 1.54) is 6.07 Å². The summed E-state index contributed by atoms with van der Waals surface area (Å²) in [5.74, 6) is -1.08. The average Bonchev–Trinajstić information content (AvgIpc) is 2.28. The highest BCUT2D eigenvalue weighted by Crippen LogP contribution is 2.19. The molecular formula is C11H14F3NO2. The van der Waals surface area contributed by atoms with Gasteiger partial charge in [0, 0.05) is 18.7 Å². The number of halogens is 3. The first-order valence-electron chi connectivity index (χ1n) is 5.14. The highest BCUT2D eigenvalue weighted by Gasteiger charge is 2.05. The van der Waals surface area contributed by atoms with Crippen LogP contribution in [0, 0.1) is 5.82 Å². The van der Waals surface area contributed by atoms with Gasteiger partial charge in [-0.2, -0.15) is 0 Å². The molecule has 3 nitrogen and oxygen atoms in total. The normalized spacial score (nSPS) is 11.1. The molecule has 0 saturated heterocycles. The van der Waals surface area contributed by atoms with E-state index in [-0.39, 0.29) is 13.2 Å². The number of hydrogen-bond donors (Lipinski definition) is 2. The van der Waals surface area contributed by atoms with Crippen LogP contribution in [0.3, 0.4) is 0 Å². The zero-order valence-corrected chi connectivity index (χ0v) is 9.13. The number of para-hydroxylation sites is 1. The summed E-state index contributed by atoms with van der Waals surface area (Å²) in [6.07, 6.45) is -2.47. The van der Waals surface area contributed by atoms with Gasteiger partial charge in [0.15, 0.2) is 11.6 Å². The highest BCUT2D eigenvalue weighted by atomic mass is 19.3. The molecule has 0 bridgehead atoms. The van der Waals surface area contributed by atoms with E-state index < -0.39 is 24.6 Å². The maximum Gasteiger partial charge on any atom is 0.261 e. The first-order valence-corrected chi connectivity index (χ1v) is 5.14. The lowest BCUT2D eigenvalue weighted by Crippen LogP contribution is -2.20. The number of hydrogen-bond acceptors (Lipinski definition) is 3. The smallest absolute Gasteiger partial charge is 0.261 e. The molecule has 2 N–H and O–H groups in total. The van der Waals surface area contributed by atoms with Crippen molar-refractivity contribution in [2.24, 2.45) is 0 Å². The lowest BCUT2D eigenvalue weighted by molar-refractivity contribution is 0.0187. The zero-order valence-electron chi connectivity index (χ0n) is 9.13. The molecule has 0 heterocycles. The quantitative estimate of drug-likeness (QED) is 0.725. The van der Waals surface area contributed by atoms with Gasteiger partial charge in [0.2, 0.25) is 0 Å². The van der Waals surface area contributed by atoms with Gasteiger partial charge >= 0.3 is 0 Å². The summed E-state index contributed by atoms with van der Waals surface area (Å²) < 4.78 is 40.9. The molecule has 1 rings (SSSR count). The lowest BCUT2D eigenvalue weighted by atomic mass is 10.2. The van der Waals surface area contributed by atoms with Gasteiger partial charge in [-0.15, -0.1) is 0 Å². The Bertz CT molecular complexity index is 347. The Labute approximate surface area is 97.2 Å². The highest BCUT2D eigenvalue weighted by molar-refractivity contribution is 5.33. The minimum absolute atomic E-state index is 0.139. The van der Waals surface area contributed by atoms with Crippen LogP contribution < -0.4 is 5.32 Å². The second kappa shape index (κ2) is 7.13. The van der Waals surface area contributed by atoms with Crippen LogP contribution >= 0.6 is 0 Å². The Hall–Kier alpha value is -1.27. The van der Waals surface area contributed by atoms with Crippen LogP contribution in [0.25, 0.3) is 0 Å². The molecule has 96 valence electrons. The maximum atomic E-state index is 12.9. The molecule has 0 radical (unpaired) electrons. The van der Waals surface area contributed by atoms with Crippen molar-refractivity contribution < 1.29 is 23.0 Å².